The standard InChI is InChI=1S/C23H33NO4/c1-4-11-27-23-10-9-17(26)21-22(23,2)19-15(7-8-16(25)20(19)28-21)12-18(23)24(3)13-14-5-6-14/h7-8,14,17-18,21,25-26H,4-6,9-13H2,1-3H3/t17-,18+,21-,22?,23+/m0/s1. The summed E-state index contributed by atoms with van der Waals surface area (Å²) in [5, 5.41) is 21.4. The lowest BCUT2D eigenvalue weighted by Gasteiger charge is -2.60. The molecular formula is C23H33NO4. The molecule has 0 amide bonds. The summed E-state index contributed by atoms with van der Waals surface area (Å²) in [5.41, 5.74) is 1.42. The summed E-state index contributed by atoms with van der Waals surface area (Å²) in [6, 6.07) is 4.04. The first-order chi connectivity index (χ1) is 13.4. The molecule has 2 saturated carbocycles. The van der Waals surface area contributed by atoms with Gasteiger partial charge in [-0.15, -0.1) is 0 Å². The van der Waals surface area contributed by atoms with E-state index in [2.05, 4.69) is 25.8 Å². The zero-order valence-corrected chi connectivity index (χ0v) is 17.3. The SMILES string of the molecule is CCCO[C@@]12CC[C@H](O)[C@@H]3Oc4c(O)ccc(c4C31C)C[C@H]2N(C)CC1CC1. The number of hydrogen-bond donors (Lipinski definition) is 2. The quantitative estimate of drug-likeness (QED) is 0.786. The molecule has 1 aromatic carbocycles. The first kappa shape index (κ1) is 18.7. The molecule has 0 aromatic heterocycles. The van der Waals surface area contributed by atoms with E-state index in [9.17, 15) is 10.2 Å². The van der Waals surface area contributed by atoms with Crippen LogP contribution in [0.4, 0.5) is 0 Å². The Balaban J connectivity index is 1.68. The lowest BCUT2D eigenvalue weighted by Crippen LogP contribution is -2.73. The number of ether oxygens (including phenoxy) is 2. The van der Waals surface area contributed by atoms with Crippen molar-refractivity contribution < 1.29 is 19.7 Å². The maximum Gasteiger partial charge on any atom is 0.165 e. The van der Waals surface area contributed by atoms with Gasteiger partial charge in [0.25, 0.3) is 0 Å². The Morgan fingerprint density at radius 3 is 2.79 bits per heavy atom. The van der Waals surface area contributed by atoms with Crippen molar-refractivity contribution in [3.63, 3.8) is 0 Å². The molecule has 28 heavy (non-hydrogen) atoms. The summed E-state index contributed by atoms with van der Waals surface area (Å²) in [6.07, 6.45) is 5.09. The topological polar surface area (TPSA) is 62.2 Å². The Kier molecular flexibility index (Phi) is 4.24. The third-order valence-electron chi connectivity index (χ3n) is 7.89. The van der Waals surface area contributed by atoms with Crippen LogP contribution in [0.15, 0.2) is 12.1 Å². The lowest BCUT2D eigenvalue weighted by atomic mass is 9.52. The van der Waals surface area contributed by atoms with Crippen molar-refractivity contribution in [1.82, 2.24) is 4.90 Å². The van der Waals surface area contributed by atoms with E-state index >= 15 is 0 Å². The van der Waals surface area contributed by atoms with E-state index in [4.69, 9.17) is 9.47 Å². The van der Waals surface area contributed by atoms with Crippen LogP contribution < -0.4 is 4.74 Å². The van der Waals surface area contributed by atoms with Crippen LogP contribution in [0.25, 0.3) is 0 Å². The molecule has 1 aliphatic heterocycles. The van der Waals surface area contributed by atoms with E-state index in [1.54, 1.807) is 6.07 Å². The van der Waals surface area contributed by atoms with E-state index in [0.29, 0.717) is 18.8 Å². The van der Waals surface area contributed by atoms with Gasteiger partial charge in [-0.1, -0.05) is 13.0 Å². The average Bonchev–Trinajstić information content (AvgIpc) is 3.42. The number of rotatable bonds is 6. The number of aliphatic hydroxyl groups excluding tert-OH is 1. The van der Waals surface area contributed by atoms with Crippen molar-refractivity contribution in [2.75, 3.05) is 20.2 Å². The molecule has 5 rings (SSSR count). The Labute approximate surface area is 167 Å². The van der Waals surface area contributed by atoms with Gasteiger partial charge in [0.1, 0.15) is 6.10 Å². The molecule has 1 aromatic rings. The van der Waals surface area contributed by atoms with Crippen LogP contribution in [0.1, 0.15) is 57.1 Å². The van der Waals surface area contributed by atoms with Gasteiger partial charge in [-0.2, -0.15) is 0 Å². The van der Waals surface area contributed by atoms with Crippen molar-refractivity contribution in [2.24, 2.45) is 5.92 Å². The molecule has 0 saturated heterocycles. The van der Waals surface area contributed by atoms with Gasteiger partial charge >= 0.3 is 0 Å². The number of likely N-dealkylation sites (N-methyl/N-ethyl adjacent to an activating group) is 1. The van der Waals surface area contributed by atoms with Crippen LogP contribution >= 0.6 is 0 Å². The van der Waals surface area contributed by atoms with Crippen molar-refractivity contribution >= 4 is 0 Å². The number of phenols is 1. The van der Waals surface area contributed by atoms with Crippen LogP contribution in [0.3, 0.4) is 0 Å². The van der Waals surface area contributed by atoms with Crippen LogP contribution in [-0.4, -0.2) is 59.2 Å². The number of phenolic OH excluding ortho intramolecular Hbond substituents is 1. The summed E-state index contributed by atoms with van der Waals surface area (Å²) in [4.78, 5) is 2.52. The normalized spacial score (nSPS) is 38.4. The second-order valence-electron chi connectivity index (χ2n) is 9.64. The summed E-state index contributed by atoms with van der Waals surface area (Å²) in [5.74, 6) is 1.55. The van der Waals surface area contributed by atoms with Crippen LogP contribution in [0.5, 0.6) is 11.5 Å². The predicted molar refractivity (Wildman–Crippen MR) is 107 cm³/mol. The molecule has 0 radical (unpaired) electrons. The Hall–Kier alpha value is -1.30. The minimum Gasteiger partial charge on any atom is -0.504 e. The van der Waals surface area contributed by atoms with Gasteiger partial charge in [0.15, 0.2) is 11.5 Å². The van der Waals surface area contributed by atoms with Crippen LogP contribution in [0.2, 0.25) is 0 Å². The molecule has 0 bridgehead atoms. The molecule has 2 N–H and O–H groups in total. The molecule has 5 heteroatoms. The first-order valence-corrected chi connectivity index (χ1v) is 11.0. The zero-order chi connectivity index (χ0) is 19.7. The summed E-state index contributed by atoms with van der Waals surface area (Å²) >= 11 is 0. The molecule has 4 aliphatic rings. The third-order valence-corrected chi connectivity index (χ3v) is 7.89. The van der Waals surface area contributed by atoms with E-state index in [1.807, 2.05) is 6.07 Å². The smallest absolute Gasteiger partial charge is 0.165 e. The lowest BCUT2D eigenvalue weighted by molar-refractivity contribution is -0.205. The highest BCUT2D eigenvalue weighted by atomic mass is 16.5. The summed E-state index contributed by atoms with van der Waals surface area (Å²) < 4.78 is 13.1. The number of aliphatic hydroxyl groups is 1. The number of benzene rings is 1. The number of nitrogens with zero attached hydrogens (tertiary/aromatic N) is 1. The molecule has 2 fully saturated rings. The van der Waals surface area contributed by atoms with Crippen molar-refractivity contribution in [3.05, 3.63) is 23.3 Å². The zero-order valence-electron chi connectivity index (χ0n) is 17.3. The Bertz CT molecular complexity index is 774. The molecule has 154 valence electrons. The summed E-state index contributed by atoms with van der Waals surface area (Å²) in [7, 11) is 2.24. The van der Waals surface area contributed by atoms with Gasteiger partial charge in [-0.25, -0.2) is 0 Å². The predicted octanol–water partition coefficient (Wildman–Crippen LogP) is 3.00. The van der Waals surface area contributed by atoms with Crippen molar-refractivity contribution in [3.8, 4) is 11.5 Å². The average molecular weight is 388 g/mol. The fraction of sp³-hybridized carbons (Fsp3) is 0.739. The second kappa shape index (κ2) is 6.35. The molecule has 1 heterocycles. The molecule has 5 atom stereocenters. The molecule has 3 aliphatic carbocycles. The van der Waals surface area contributed by atoms with Gasteiger partial charge in [0.2, 0.25) is 0 Å². The van der Waals surface area contributed by atoms with Gasteiger partial charge in [0, 0.05) is 24.8 Å². The second-order valence-corrected chi connectivity index (χ2v) is 9.64. The van der Waals surface area contributed by atoms with Gasteiger partial charge in [0.05, 0.1) is 17.1 Å². The fourth-order valence-electron chi connectivity index (χ4n) is 6.38. The first-order valence-electron chi connectivity index (χ1n) is 11.0. The van der Waals surface area contributed by atoms with Crippen molar-refractivity contribution in [2.45, 2.75) is 81.6 Å². The van der Waals surface area contributed by atoms with Gasteiger partial charge in [-0.3, -0.25) is 4.90 Å². The third kappa shape index (κ3) is 2.36. The highest BCUT2D eigenvalue weighted by Gasteiger charge is 2.70. The maximum absolute atomic E-state index is 10.9. The van der Waals surface area contributed by atoms with E-state index < -0.39 is 17.1 Å². The van der Waals surface area contributed by atoms with E-state index in [1.165, 1.54) is 18.4 Å². The molecule has 1 unspecified atom stereocenters. The Morgan fingerprint density at radius 1 is 1.29 bits per heavy atom. The van der Waals surface area contributed by atoms with Crippen LogP contribution in [0, 0.1) is 5.92 Å². The largest absolute Gasteiger partial charge is 0.504 e. The monoisotopic (exact) mass is 387 g/mol. The van der Waals surface area contributed by atoms with Crippen molar-refractivity contribution in [1.29, 1.82) is 0 Å². The summed E-state index contributed by atoms with van der Waals surface area (Å²) in [6.45, 7) is 6.17. The highest BCUT2D eigenvalue weighted by molar-refractivity contribution is 5.61. The van der Waals surface area contributed by atoms with Gasteiger partial charge < -0.3 is 19.7 Å². The molecule has 5 nitrogen and oxygen atoms in total. The Morgan fingerprint density at radius 2 is 2.07 bits per heavy atom. The minimum atomic E-state index is -0.546. The minimum absolute atomic E-state index is 0.177. The fourth-order valence-corrected chi connectivity index (χ4v) is 6.38. The highest BCUT2D eigenvalue weighted by Crippen LogP contribution is 2.63. The van der Waals surface area contributed by atoms with E-state index in [0.717, 1.165) is 37.3 Å². The van der Waals surface area contributed by atoms with E-state index in [-0.39, 0.29) is 17.9 Å². The van der Waals surface area contributed by atoms with Gasteiger partial charge in [-0.05, 0) is 70.0 Å². The van der Waals surface area contributed by atoms with Crippen LogP contribution in [-0.2, 0) is 16.6 Å². The maximum atomic E-state index is 10.9. The molecule has 0 spiro atoms. The number of aromatic hydroxyl groups is 1. The molecular weight excluding hydrogens is 354 g/mol. The number of hydrogen-bond acceptors (Lipinski definition) is 5.